The van der Waals surface area contributed by atoms with E-state index < -0.39 is 0 Å². The van der Waals surface area contributed by atoms with E-state index >= 15 is 0 Å². The van der Waals surface area contributed by atoms with E-state index in [2.05, 4.69) is 13.2 Å². The maximum absolute atomic E-state index is 3.70. The molecule has 0 bridgehead atoms. The Bertz CT molecular complexity index is 111. The molecule has 0 aromatic rings. The molecule has 0 aromatic carbocycles. The van der Waals surface area contributed by atoms with Crippen LogP contribution in [-0.4, -0.2) is 0 Å². The van der Waals surface area contributed by atoms with Crippen molar-refractivity contribution in [1.82, 2.24) is 0 Å². The van der Waals surface area contributed by atoms with Crippen LogP contribution >= 0.6 is 0 Å². The van der Waals surface area contributed by atoms with Crippen molar-refractivity contribution in [3.63, 3.8) is 0 Å². The minimum atomic E-state index is 0. The second kappa shape index (κ2) is 12.0. The predicted octanol–water partition coefficient (Wildman–Crippen LogP) is 4.36. The largest absolute Gasteiger partial charge is 0.0961 e. The highest BCUT2D eigenvalue weighted by molar-refractivity contribution is 5.20. The van der Waals surface area contributed by atoms with E-state index in [4.69, 9.17) is 0 Å². The summed E-state index contributed by atoms with van der Waals surface area (Å²) in [6.07, 6.45) is 3.89. The monoisotopic (exact) mass is 154 g/mol. The molecule has 0 fully saturated rings. The third-order valence-corrected chi connectivity index (χ3v) is 0.652. The fraction of sp³-hybridized carbons (Fsp3) is 0.455. The first kappa shape index (κ1) is 16.7. The van der Waals surface area contributed by atoms with Gasteiger partial charge in [0.1, 0.15) is 0 Å². The minimum absolute atomic E-state index is 0. The van der Waals surface area contributed by atoms with Crippen LogP contribution in [0.5, 0.6) is 0 Å². The second-order valence-electron chi connectivity index (χ2n) is 2.03. The van der Waals surface area contributed by atoms with Gasteiger partial charge >= 0.3 is 0 Å². The number of allylic oxidation sites excluding steroid dienone is 4. The summed E-state index contributed by atoms with van der Waals surface area (Å²) >= 11 is 0. The summed E-state index contributed by atoms with van der Waals surface area (Å²) < 4.78 is 0. The predicted molar refractivity (Wildman–Crippen MR) is 56.8 cm³/mol. The molecule has 0 heterocycles. The third-order valence-electron chi connectivity index (χ3n) is 0.652. The van der Waals surface area contributed by atoms with E-state index in [0.717, 1.165) is 11.1 Å². The standard InChI is InChI=1S/C8H12.C2H6.CH4/c1-7(2)5-6-8(3)4;1-2;/h5-6H,1,3H2,2,4H3;1-2H3;1H4/b6-5-;;. The molecule has 0 atom stereocenters. The van der Waals surface area contributed by atoms with Gasteiger partial charge in [0.05, 0.1) is 0 Å². The normalized spacial score (nSPS) is 7.64. The molecule has 0 rings (SSSR count). The Labute approximate surface area is 72.3 Å². The molecule has 0 N–H and O–H groups in total. The Hall–Kier alpha value is -0.780. The van der Waals surface area contributed by atoms with Crippen molar-refractivity contribution in [3.05, 3.63) is 36.5 Å². The molecule has 11 heavy (non-hydrogen) atoms. The van der Waals surface area contributed by atoms with Gasteiger partial charge in [-0.25, -0.2) is 0 Å². The summed E-state index contributed by atoms with van der Waals surface area (Å²) in [5.41, 5.74) is 2.13. The van der Waals surface area contributed by atoms with E-state index in [0.29, 0.717) is 0 Å². The van der Waals surface area contributed by atoms with Gasteiger partial charge in [-0.15, -0.1) is 0 Å². The summed E-state index contributed by atoms with van der Waals surface area (Å²) in [6, 6.07) is 0. The van der Waals surface area contributed by atoms with Gasteiger partial charge in [-0.1, -0.05) is 57.7 Å². The van der Waals surface area contributed by atoms with Gasteiger partial charge in [-0.05, 0) is 13.8 Å². The molecule has 0 aliphatic carbocycles. The Morgan fingerprint density at radius 1 is 0.909 bits per heavy atom. The third kappa shape index (κ3) is 27.0. The molecule has 0 aromatic heterocycles. The average molecular weight is 154 g/mol. The summed E-state index contributed by atoms with van der Waals surface area (Å²) in [7, 11) is 0. The van der Waals surface area contributed by atoms with Crippen LogP contribution in [-0.2, 0) is 0 Å². The highest BCUT2D eigenvalue weighted by Crippen LogP contribution is 1.94. The summed E-state index contributed by atoms with van der Waals surface area (Å²) in [5, 5.41) is 0. The fourth-order valence-electron chi connectivity index (χ4n) is 0.285. The zero-order valence-electron chi connectivity index (χ0n) is 7.57. The minimum Gasteiger partial charge on any atom is -0.0961 e. The van der Waals surface area contributed by atoms with Gasteiger partial charge in [-0.2, -0.15) is 0 Å². The van der Waals surface area contributed by atoms with Crippen molar-refractivity contribution in [2.45, 2.75) is 35.1 Å². The van der Waals surface area contributed by atoms with Gasteiger partial charge in [0.25, 0.3) is 0 Å². The number of hydrogen-bond donors (Lipinski definition) is 0. The van der Waals surface area contributed by atoms with Crippen molar-refractivity contribution in [2.75, 3.05) is 0 Å². The van der Waals surface area contributed by atoms with Gasteiger partial charge < -0.3 is 0 Å². The lowest BCUT2D eigenvalue weighted by Crippen LogP contribution is -1.62. The highest BCUT2D eigenvalue weighted by Gasteiger charge is 1.72. The SMILES string of the molecule is C.C=C(C)/C=C\C(=C)C.CC. The molecule has 66 valence electrons. The Balaban J connectivity index is -0.000000196. The lowest BCUT2D eigenvalue weighted by atomic mass is 10.2. The van der Waals surface area contributed by atoms with Crippen molar-refractivity contribution < 1.29 is 0 Å². The van der Waals surface area contributed by atoms with Crippen LogP contribution in [0.4, 0.5) is 0 Å². The zero-order chi connectivity index (χ0) is 8.57. The molecule has 0 amide bonds. The van der Waals surface area contributed by atoms with E-state index in [-0.39, 0.29) is 7.43 Å². The van der Waals surface area contributed by atoms with Crippen LogP contribution in [0.25, 0.3) is 0 Å². The first-order valence-electron chi connectivity index (χ1n) is 3.62. The summed E-state index contributed by atoms with van der Waals surface area (Å²) in [5.74, 6) is 0. The van der Waals surface area contributed by atoms with Crippen molar-refractivity contribution in [1.29, 1.82) is 0 Å². The molecular formula is C11H22. The fourth-order valence-corrected chi connectivity index (χ4v) is 0.285. The van der Waals surface area contributed by atoms with Crippen LogP contribution < -0.4 is 0 Å². The van der Waals surface area contributed by atoms with Crippen LogP contribution in [0, 0.1) is 0 Å². The quantitative estimate of drug-likeness (QED) is 0.518. The van der Waals surface area contributed by atoms with Gasteiger partial charge in [0.15, 0.2) is 0 Å². The molecule has 0 spiro atoms. The van der Waals surface area contributed by atoms with E-state index in [1.807, 2.05) is 39.8 Å². The zero-order valence-corrected chi connectivity index (χ0v) is 7.57. The maximum Gasteiger partial charge on any atom is -0.0404 e. The van der Waals surface area contributed by atoms with Crippen molar-refractivity contribution in [3.8, 4) is 0 Å². The van der Waals surface area contributed by atoms with Crippen LogP contribution in [0.1, 0.15) is 35.1 Å². The van der Waals surface area contributed by atoms with Crippen molar-refractivity contribution in [2.24, 2.45) is 0 Å². The van der Waals surface area contributed by atoms with Gasteiger partial charge in [0, 0.05) is 0 Å². The molecule has 0 aliphatic rings. The summed E-state index contributed by atoms with van der Waals surface area (Å²) in [6.45, 7) is 15.3. The van der Waals surface area contributed by atoms with Gasteiger partial charge in [-0.3, -0.25) is 0 Å². The van der Waals surface area contributed by atoms with E-state index in [1.54, 1.807) is 0 Å². The molecule has 0 heteroatoms. The van der Waals surface area contributed by atoms with Crippen LogP contribution in [0.2, 0.25) is 0 Å². The van der Waals surface area contributed by atoms with Gasteiger partial charge in [0.2, 0.25) is 0 Å². The molecule has 0 saturated heterocycles. The topological polar surface area (TPSA) is 0 Å². The first-order valence-corrected chi connectivity index (χ1v) is 3.62. The van der Waals surface area contributed by atoms with E-state index in [9.17, 15) is 0 Å². The molecule has 0 unspecified atom stereocenters. The van der Waals surface area contributed by atoms with Crippen LogP contribution in [0.3, 0.4) is 0 Å². The lowest BCUT2D eigenvalue weighted by molar-refractivity contribution is 1.50. The molecule has 0 aliphatic heterocycles. The number of rotatable bonds is 2. The summed E-state index contributed by atoms with van der Waals surface area (Å²) in [4.78, 5) is 0. The van der Waals surface area contributed by atoms with Crippen molar-refractivity contribution >= 4 is 0 Å². The lowest BCUT2D eigenvalue weighted by Gasteiger charge is -1.84. The molecular weight excluding hydrogens is 132 g/mol. The Morgan fingerprint density at radius 3 is 1.18 bits per heavy atom. The van der Waals surface area contributed by atoms with E-state index in [1.165, 1.54) is 0 Å². The van der Waals surface area contributed by atoms with Crippen LogP contribution in [0.15, 0.2) is 36.5 Å². The molecule has 0 radical (unpaired) electrons. The molecule has 0 saturated carbocycles. The average Bonchev–Trinajstić information content (AvgIpc) is 1.89. The Morgan fingerprint density at radius 2 is 1.09 bits per heavy atom. The maximum atomic E-state index is 3.70. The Kier molecular flexibility index (Phi) is 18.1. The second-order valence-corrected chi connectivity index (χ2v) is 2.03. The first-order chi connectivity index (χ1) is 4.63. The molecule has 0 nitrogen and oxygen atoms in total. The number of hydrogen-bond acceptors (Lipinski definition) is 0. The highest BCUT2D eigenvalue weighted by atomic mass is 13.8. The smallest absolute Gasteiger partial charge is 0.0404 e.